The lowest BCUT2D eigenvalue weighted by Crippen LogP contribution is -2.49. The van der Waals surface area contributed by atoms with E-state index in [0.717, 1.165) is 13.1 Å². The van der Waals surface area contributed by atoms with Gasteiger partial charge < -0.3 is 10.0 Å². The Morgan fingerprint density at radius 1 is 1.24 bits per heavy atom. The van der Waals surface area contributed by atoms with Crippen LogP contribution in [0.1, 0.15) is 6.42 Å². The molecule has 0 aromatic heterocycles. The molecule has 21 heavy (non-hydrogen) atoms. The number of carbonyl (C=O) groups excluding carboxylic acids is 1. The van der Waals surface area contributed by atoms with Crippen LogP contribution in [0.25, 0.3) is 0 Å². The number of aliphatic hydroxyl groups excluding tert-OH is 1. The third-order valence-corrected chi connectivity index (χ3v) is 4.60. The Hall–Kier alpha value is -1.11. The highest BCUT2D eigenvalue weighted by molar-refractivity contribution is 7.99. The zero-order chi connectivity index (χ0) is 15.1. The molecule has 0 aliphatic carbocycles. The summed E-state index contributed by atoms with van der Waals surface area (Å²) in [5.74, 6) is 0.492. The molecule has 1 heterocycles. The maximum Gasteiger partial charge on any atom is 0.223 e. The Morgan fingerprint density at radius 2 is 1.95 bits per heavy atom. The van der Waals surface area contributed by atoms with E-state index in [1.165, 1.54) is 17.8 Å². The Kier molecular flexibility index (Phi) is 6.48. The summed E-state index contributed by atoms with van der Waals surface area (Å²) < 4.78 is 13.4. The van der Waals surface area contributed by atoms with Crippen LogP contribution in [0.15, 0.2) is 29.2 Å². The maximum atomic E-state index is 13.4. The van der Waals surface area contributed by atoms with Crippen molar-refractivity contribution in [2.45, 2.75) is 11.3 Å². The van der Waals surface area contributed by atoms with Crippen LogP contribution in [0.3, 0.4) is 0 Å². The summed E-state index contributed by atoms with van der Waals surface area (Å²) in [6.07, 6.45) is 0.430. The van der Waals surface area contributed by atoms with Crippen molar-refractivity contribution in [2.75, 3.05) is 45.1 Å². The van der Waals surface area contributed by atoms with Crippen molar-refractivity contribution in [2.24, 2.45) is 0 Å². The van der Waals surface area contributed by atoms with Crippen molar-refractivity contribution in [3.05, 3.63) is 30.1 Å². The number of benzene rings is 1. The van der Waals surface area contributed by atoms with Gasteiger partial charge in [-0.1, -0.05) is 12.1 Å². The molecule has 1 fully saturated rings. The Balaban J connectivity index is 1.70. The fourth-order valence-electron chi connectivity index (χ4n) is 2.33. The monoisotopic (exact) mass is 312 g/mol. The van der Waals surface area contributed by atoms with Gasteiger partial charge in [0.05, 0.1) is 6.61 Å². The van der Waals surface area contributed by atoms with Gasteiger partial charge in [0.25, 0.3) is 0 Å². The summed E-state index contributed by atoms with van der Waals surface area (Å²) >= 11 is 1.38. The number of hydrogen-bond donors (Lipinski definition) is 1. The number of piperazine rings is 1. The quantitative estimate of drug-likeness (QED) is 0.808. The lowest BCUT2D eigenvalue weighted by molar-refractivity contribution is -0.132. The minimum absolute atomic E-state index is 0.127. The van der Waals surface area contributed by atoms with Crippen LogP contribution < -0.4 is 0 Å². The van der Waals surface area contributed by atoms with Gasteiger partial charge in [0.1, 0.15) is 5.82 Å². The summed E-state index contributed by atoms with van der Waals surface area (Å²) in [7, 11) is 0. The lowest BCUT2D eigenvalue weighted by Gasteiger charge is -2.34. The predicted octanol–water partition coefficient (Wildman–Crippen LogP) is 1.44. The number of carbonyl (C=O) groups is 1. The van der Waals surface area contributed by atoms with Crippen LogP contribution in [-0.4, -0.2) is 65.9 Å². The molecule has 1 aliphatic heterocycles. The predicted molar refractivity (Wildman–Crippen MR) is 81.8 cm³/mol. The number of nitrogens with zero attached hydrogens (tertiary/aromatic N) is 2. The number of rotatable bonds is 6. The third-order valence-electron chi connectivity index (χ3n) is 3.55. The van der Waals surface area contributed by atoms with E-state index in [1.54, 1.807) is 18.2 Å². The van der Waals surface area contributed by atoms with Gasteiger partial charge in [-0.3, -0.25) is 9.69 Å². The van der Waals surface area contributed by atoms with E-state index in [2.05, 4.69) is 4.90 Å². The van der Waals surface area contributed by atoms with Crippen molar-refractivity contribution in [1.29, 1.82) is 0 Å². The van der Waals surface area contributed by atoms with Crippen LogP contribution in [0.5, 0.6) is 0 Å². The van der Waals surface area contributed by atoms with Crippen LogP contribution in [0.2, 0.25) is 0 Å². The van der Waals surface area contributed by atoms with Gasteiger partial charge in [-0.15, -0.1) is 11.8 Å². The smallest absolute Gasteiger partial charge is 0.223 e. The summed E-state index contributed by atoms with van der Waals surface area (Å²) in [6, 6.07) is 6.63. The first kappa shape index (κ1) is 16.3. The van der Waals surface area contributed by atoms with Crippen molar-refractivity contribution >= 4 is 17.7 Å². The highest BCUT2D eigenvalue weighted by Gasteiger charge is 2.20. The van der Waals surface area contributed by atoms with Gasteiger partial charge >= 0.3 is 0 Å². The van der Waals surface area contributed by atoms with Gasteiger partial charge in [0, 0.05) is 49.8 Å². The molecule has 0 spiro atoms. The maximum absolute atomic E-state index is 13.4. The highest BCUT2D eigenvalue weighted by atomic mass is 32.2. The van der Waals surface area contributed by atoms with E-state index in [1.807, 2.05) is 4.90 Å². The first-order chi connectivity index (χ1) is 10.2. The van der Waals surface area contributed by atoms with E-state index in [4.69, 9.17) is 5.11 Å². The zero-order valence-electron chi connectivity index (χ0n) is 12.0. The van der Waals surface area contributed by atoms with Crippen LogP contribution in [-0.2, 0) is 4.79 Å². The zero-order valence-corrected chi connectivity index (χ0v) is 12.8. The Bertz CT molecular complexity index is 465. The molecule has 1 N–H and O–H groups in total. The van der Waals surface area contributed by atoms with Crippen molar-refractivity contribution < 1.29 is 14.3 Å². The molecule has 0 unspecified atom stereocenters. The average Bonchev–Trinajstić information content (AvgIpc) is 2.50. The summed E-state index contributed by atoms with van der Waals surface area (Å²) in [5, 5.41) is 8.88. The molecule has 0 bridgehead atoms. The summed E-state index contributed by atoms with van der Waals surface area (Å²) in [5.41, 5.74) is 0. The third kappa shape index (κ3) is 4.98. The largest absolute Gasteiger partial charge is 0.395 e. The molecule has 1 aromatic carbocycles. The fourth-order valence-corrected chi connectivity index (χ4v) is 3.21. The minimum atomic E-state index is -0.229. The number of thioether (sulfide) groups is 1. The summed E-state index contributed by atoms with van der Waals surface area (Å²) in [4.78, 5) is 16.7. The molecular formula is C15H21FN2O2S. The van der Waals surface area contributed by atoms with E-state index < -0.39 is 0 Å². The molecule has 1 amide bonds. The second-order valence-electron chi connectivity index (χ2n) is 4.97. The van der Waals surface area contributed by atoms with Crippen LogP contribution in [0, 0.1) is 5.82 Å². The number of β-amino-alcohol motifs (C(OH)–C–C–N with tert-alkyl or cyclic N) is 1. The van der Waals surface area contributed by atoms with Crippen LogP contribution in [0.4, 0.5) is 4.39 Å². The lowest BCUT2D eigenvalue weighted by atomic mass is 10.3. The van der Waals surface area contributed by atoms with Crippen molar-refractivity contribution in [1.82, 2.24) is 9.80 Å². The molecule has 6 heteroatoms. The SMILES string of the molecule is O=C(CCSc1ccccc1F)N1CCN(CCO)CC1. The first-order valence-corrected chi connectivity index (χ1v) is 8.17. The van der Waals surface area contributed by atoms with E-state index >= 15 is 0 Å². The second-order valence-corrected chi connectivity index (χ2v) is 6.11. The van der Waals surface area contributed by atoms with Crippen molar-refractivity contribution in [3.63, 3.8) is 0 Å². The Morgan fingerprint density at radius 3 is 2.62 bits per heavy atom. The Labute approximate surface area is 128 Å². The number of amides is 1. The molecule has 4 nitrogen and oxygen atoms in total. The molecule has 1 aromatic rings. The molecule has 1 aliphatic rings. The topological polar surface area (TPSA) is 43.8 Å². The molecule has 0 saturated carbocycles. The van der Waals surface area contributed by atoms with E-state index in [-0.39, 0.29) is 18.3 Å². The summed E-state index contributed by atoms with van der Waals surface area (Å²) in [6.45, 7) is 3.88. The normalized spacial score (nSPS) is 16.2. The van der Waals surface area contributed by atoms with Gasteiger partial charge in [0.2, 0.25) is 5.91 Å². The van der Waals surface area contributed by atoms with Gasteiger partial charge in [-0.05, 0) is 12.1 Å². The van der Waals surface area contributed by atoms with Gasteiger partial charge in [0.15, 0.2) is 0 Å². The van der Waals surface area contributed by atoms with Gasteiger partial charge in [-0.25, -0.2) is 4.39 Å². The molecule has 0 atom stereocenters. The fraction of sp³-hybridized carbons (Fsp3) is 0.533. The average molecular weight is 312 g/mol. The highest BCUT2D eigenvalue weighted by Crippen LogP contribution is 2.22. The molecular weight excluding hydrogens is 291 g/mol. The minimum Gasteiger partial charge on any atom is -0.395 e. The molecule has 116 valence electrons. The second kappa shape index (κ2) is 8.36. The van der Waals surface area contributed by atoms with E-state index in [9.17, 15) is 9.18 Å². The van der Waals surface area contributed by atoms with E-state index in [0.29, 0.717) is 36.7 Å². The standard InChI is InChI=1S/C15H21FN2O2S/c16-13-3-1-2-4-14(13)21-12-5-15(20)18-8-6-17(7-9-18)10-11-19/h1-4,19H,5-12H2. The number of aliphatic hydroxyl groups is 1. The first-order valence-electron chi connectivity index (χ1n) is 7.19. The molecule has 1 saturated heterocycles. The van der Waals surface area contributed by atoms with Gasteiger partial charge in [-0.2, -0.15) is 0 Å². The molecule has 0 radical (unpaired) electrons. The van der Waals surface area contributed by atoms with Crippen molar-refractivity contribution in [3.8, 4) is 0 Å². The molecule has 2 rings (SSSR count). The van der Waals surface area contributed by atoms with Crippen LogP contribution >= 0.6 is 11.8 Å². The number of halogens is 1. The number of hydrogen-bond acceptors (Lipinski definition) is 4.